The molecule has 2 atom stereocenters. The zero-order chi connectivity index (χ0) is 57.6. The van der Waals surface area contributed by atoms with Gasteiger partial charge in [-0.05, 0) is 159 Å². The van der Waals surface area contributed by atoms with Crippen LogP contribution in [0.5, 0.6) is 0 Å². The van der Waals surface area contributed by atoms with Gasteiger partial charge in [0, 0.05) is 70.7 Å². The highest BCUT2D eigenvalue weighted by Gasteiger charge is 2.36. The normalized spacial score (nSPS) is 18.2. The minimum Gasteiger partial charge on any atom is -0.459 e. The third-order valence-corrected chi connectivity index (χ3v) is 15.3. The number of ether oxygens (including phenoxy) is 4. The maximum Gasteiger partial charge on any atom is 0.320 e. The molecule has 2 amide bonds. The molecule has 18 heteroatoms. The van der Waals surface area contributed by atoms with E-state index in [0.717, 1.165) is 11.1 Å². The van der Waals surface area contributed by atoms with Crippen LogP contribution in [-0.2, 0) is 60.1 Å². The first-order valence-corrected chi connectivity index (χ1v) is 29.6. The van der Waals surface area contributed by atoms with Crippen molar-refractivity contribution in [1.29, 1.82) is 0 Å². The first kappa shape index (κ1) is 65.0. The van der Waals surface area contributed by atoms with E-state index in [0.29, 0.717) is 114 Å². The van der Waals surface area contributed by atoms with Gasteiger partial charge in [-0.25, -0.2) is 0 Å². The van der Waals surface area contributed by atoms with Crippen LogP contribution in [0.25, 0.3) is 0 Å². The van der Waals surface area contributed by atoms with Crippen molar-refractivity contribution in [3.63, 3.8) is 0 Å². The van der Waals surface area contributed by atoms with Crippen molar-refractivity contribution in [3.05, 3.63) is 70.8 Å². The van der Waals surface area contributed by atoms with Crippen LogP contribution < -0.4 is 0 Å². The van der Waals surface area contributed by atoms with Crippen molar-refractivity contribution in [3.8, 4) is 0 Å². The van der Waals surface area contributed by atoms with Crippen molar-refractivity contribution < 1.29 is 56.8 Å². The fraction of sp³-hybridized carbons (Fsp3) is 0.695. The lowest BCUT2D eigenvalue weighted by Crippen LogP contribution is -2.54. The molecular formula is C59H94N5O12P. The number of aryl methyl sites for hydroxylation is 1. The molecule has 0 aromatic heterocycles. The zero-order valence-electron chi connectivity index (χ0n) is 49.4. The molecule has 2 aromatic carbocycles. The van der Waals surface area contributed by atoms with Gasteiger partial charge in [0.25, 0.3) is 11.8 Å². The number of unbranched alkanes of at least 4 members (excludes halogenated alkanes) is 2. The highest BCUT2D eigenvalue weighted by Crippen LogP contribution is 2.52. The van der Waals surface area contributed by atoms with Crippen LogP contribution in [0.2, 0.25) is 0 Å². The predicted octanol–water partition coefficient (Wildman–Crippen LogP) is 8.68. The Morgan fingerprint density at radius 2 is 0.896 bits per heavy atom. The molecule has 0 bridgehead atoms. The molecule has 1 fully saturated rings. The van der Waals surface area contributed by atoms with Gasteiger partial charge in [0.2, 0.25) is 7.37 Å². The Balaban J connectivity index is 1.57. The van der Waals surface area contributed by atoms with Crippen LogP contribution in [0, 0.1) is 0 Å². The van der Waals surface area contributed by atoms with Crippen LogP contribution in [0.3, 0.4) is 0 Å². The molecule has 2 aliphatic heterocycles. The lowest BCUT2D eigenvalue weighted by molar-refractivity contribution is -0.160. The van der Waals surface area contributed by atoms with E-state index < -0.39 is 47.3 Å². The van der Waals surface area contributed by atoms with Gasteiger partial charge in [-0.15, -0.1) is 0 Å². The molecule has 2 heterocycles. The summed E-state index contributed by atoms with van der Waals surface area (Å²) in [5.74, 6) is -2.11. The Hall–Kier alpha value is -4.51. The molecule has 77 heavy (non-hydrogen) atoms. The van der Waals surface area contributed by atoms with Crippen molar-refractivity contribution >= 4 is 43.1 Å². The van der Waals surface area contributed by atoms with Gasteiger partial charge in [0.1, 0.15) is 22.4 Å². The second-order valence-electron chi connectivity index (χ2n) is 25.7. The van der Waals surface area contributed by atoms with E-state index in [2.05, 4.69) is 29.2 Å². The molecule has 0 N–H and O–H groups in total. The van der Waals surface area contributed by atoms with Gasteiger partial charge in [-0.1, -0.05) is 42.8 Å². The molecule has 2 aromatic rings. The number of rotatable bonds is 21. The number of amides is 2. The van der Waals surface area contributed by atoms with Crippen LogP contribution in [-0.4, -0.2) is 185 Å². The van der Waals surface area contributed by atoms with Gasteiger partial charge in [-0.3, -0.25) is 57.8 Å². The van der Waals surface area contributed by atoms with Crippen LogP contribution >= 0.6 is 7.37 Å². The van der Waals surface area contributed by atoms with Gasteiger partial charge < -0.3 is 23.5 Å². The van der Waals surface area contributed by atoms with E-state index in [1.165, 1.54) is 4.90 Å². The number of hydrogen-bond acceptors (Lipinski definition) is 16. The van der Waals surface area contributed by atoms with Gasteiger partial charge >= 0.3 is 23.9 Å². The number of esters is 4. The predicted molar refractivity (Wildman–Crippen MR) is 300 cm³/mol. The lowest BCUT2D eigenvalue weighted by atomic mass is 10.0. The van der Waals surface area contributed by atoms with Gasteiger partial charge in [-0.2, -0.15) is 0 Å². The summed E-state index contributed by atoms with van der Waals surface area (Å²) in [7, 11) is -3.05. The van der Waals surface area contributed by atoms with Crippen LogP contribution in [0.15, 0.2) is 48.5 Å². The van der Waals surface area contributed by atoms with Gasteiger partial charge in [0.15, 0.2) is 0 Å². The monoisotopic (exact) mass is 1100 g/mol. The van der Waals surface area contributed by atoms with E-state index in [-0.39, 0.29) is 56.0 Å². The summed E-state index contributed by atoms with van der Waals surface area (Å²) in [6, 6.07) is 14.8. The standard InChI is InChI=1S/C59H94N5O12P/c1-55(2,3)72-49(65)40-60-30-31-61(41-50(66)73-56(4,5)6)34-35-63(43-52(68)75-58(10,11)12)46(39-62(33-32-60)42-51(67)74-57(7,8)9)38-45-27-25-44(26-28-45)22-21-37-77(71,76-59(13,14)15)36-20-16-19-29-64-53(69)47-23-17-18-24-48(47)54(64)70/h17-18,23-28,46H,16,19-22,29-43H2,1-15H3/t46-,77?/m0/s1. The number of nitrogens with zero attached hydrogens (tertiary/aromatic N) is 5. The van der Waals surface area contributed by atoms with E-state index in [9.17, 15) is 33.3 Å². The lowest BCUT2D eigenvalue weighted by Gasteiger charge is -2.39. The second kappa shape index (κ2) is 28.1. The highest BCUT2D eigenvalue weighted by atomic mass is 31.2. The third-order valence-electron chi connectivity index (χ3n) is 12.4. The molecule has 0 saturated carbocycles. The summed E-state index contributed by atoms with van der Waals surface area (Å²) in [5.41, 5.74) is -0.531. The molecule has 1 saturated heterocycles. The van der Waals surface area contributed by atoms with E-state index in [4.69, 9.17) is 23.5 Å². The van der Waals surface area contributed by atoms with Crippen molar-refractivity contribution in [2.45, 2.75) is 176 Å². The number of imide groups is 1. The third kappa shape index (κ3) is 25.0. The number of fused-ring (bicyclic) bond motifs is 1. The van der Waals surface area contributed by atoms with E-state index >= 15 is 0 Å². The summed E-state index contributed by atoms with van der Waals surface area (Å²) in [6.07, 6.45) is 4.54. The maximum absolute atomic E-state index is 14.4. The minimum absolute atomic E-state index is 0.00290. The quantitative estimate of drug-likeness (QED) is 0.0380. The molecule has 2 aliphatic rings. The first-order valence-electron chi connectivity index (χ1n) is 27.6. The largest absolute Gasteiger partial charge is 0.459 e. The Bertz CT molecular complexity index is 2310. The Morgan fingerprint density at radius 3 is 1.35 bits per heavy atom. The molecule has 0 spiro atoms. The van der Waals surface area contributed by atoms with Crippen LogP contribution in [0.4, 0.5) is 0 Å². The number of benzene rings is 2. The average Bonchev–Trinajstić information content (AvgIpc) is 3.49. The minimum atomic E-state index is -3.05. The second-order valence-corrected chi connectivity index (χ2v) is 28.4. The molecule has 1 unspecified atom stereocenters. The van der Waals surface area contributed by atoms with E-state index in [1.54, 1.807) is 24.3 Å². The average molecular weight is 1100 g/mol. The summed E-state index contributed by atoms with van der Waals surface area (Å²) in [5, 5.41) is 0. The summed E-state index contributed by atoms with van der Waals surface area (Å²) >= 11 is 0. The molecule has 0 radical (unpaired) electrons. The molecular weight excluding hydrogens is 1000 g/mol. The topological polar surface area (TPSA) is 182 Å². The van der Waals surface area contributed by atoms with Crippen molar-refractivity contribution in [2.75, 3.05) is 90.9 Å². The first-order chi connectivity index (χ1) is 35.5. The van der Waals surface area contributed by atoms with Crippen molar-refractivity contribution in [2.24, 2.45) is 0 Å². The Labute approximate surface area is 460 Å². The number of hydrogen-bond donors (Lipinski definition) is 0. The van der Waals surface area contributed by atoms with Crippen LogP contribution in [0.1, 0.15) is 161 Å². The fourth-order valence-corrected chi connectivity index (χ4v) is 12.1. The van der Waals surface area contributed by atoms with E-state index in [1.807, 2.05) is 119 Å². The smallest absolute Gasteiger partial charge is 0.320 e. The molecule has 17 nitrogen and oxygen atoms in total. The zero-order valence-corrected chi connectivity index (χ0v) is 50.3. The fourth-order valence-electron chi connectivity index (χ4n) is 9.40. The summed E-state index contributed by atoms with van der Waals surface area (Å²) in [4.78, 5) is 89.3. The molecule has 432 valence electrons. The maximum atomic E-state index is 14.4. The van der Waals surface area contributed by atoms with Gasteiger partial charge in [0.05, 0.1) is 42.9 Å². The number of carbonyl (C=O) groups excluding carboxylic acids is 6. The summed E-state index contributed by atoms with van der Waals surface area (Å²) in [6.45, 7) is 30.6. The Kier molecular flexibility index (Phi) is 23.7. The van der Waals surface area contributed by atoms with Crippen molar-refractivity contribution in [1.82, 2.24) is 24.5 Å². The SMILES string of the molecule is CC(C)(C)OC(=O)CN1CCN(CC(=O)OC(C)(C)C)CCN(CC(=O)OC(C)(C)C)[C@@H](Cc2ccc(CCCP(=O)(CCCCCN3C(=O)c4ccccc4C3=O)OC(C)(C)C)cc2)CN(CC(=O)OC(C)(C)C)CC1. The summed E-state index contributed by atoms with van der Waals surface area (Å²) < 4.78 is 44.0. The molecule has 0 aliphatic carbocycles. The highest BCUT2D eigenvalue weighted by molar-refractivity contribution is 7.59. The number of carbonyl (C=O) groups is 6. The molecule has 4 rings (SSSR count). The Morgan fingerprint density at radius 1 is 0.494 bits per heavy atom.